The molecule has 0 aliphatic heterocycles. The van der Waals surface area contributed by atoms with E-state index >= 15 is 0 Å². The Morgan fingerprint density at radius 2 is 1.86 bits per heavy atom. The zero-order valence-corrected chi connectivity index (χ0v) is 12.7. The van der Waals surface area contributed by atoms with E-state index in [9.17, 15) is 13.2 Å². The number of rotatable bonds is 4. The Bertz CT molecular complexity index is 456. The standard InChI is InChI=1S/C17H24F3N/c1-3-13-8-4-7-11-16(13)21-12(2)14-9-5-6-10-15(14)17(18,19)20/h5-6,9-10,12-13,16,21H,3-4,7-8,11H2,1-2H3. The van der Waals surface area contributed by atoms with E-state index in [1.807, 2.05) is 6.92 Å². The number of hydrogen-bond donors (Lipinski definition) is 1. The van der Waals surface area contributed by atoms with Gasteiger partial charge in [-0.05, 0) is 37.3 Å². The van der Waals surface area contributed by atoms with Crippen molar-refractivity contribution in [1.82, 2.24) is 5.32 Å². The summed E-state index contributed by atoms with van der Waals surface area (Å²) in [5, 5.41) is 3.45. The Labute approximate surface area is 124 Å². The van der Waals surface area contributed by atoms with Gasteiger partial charge < -0.3 is 5.32 Å². The normalized spacial score (nSPS) is 24.8. The van der Waals surface area contributed by atoms with Crippen LogP contribution in [0.3, 0.4) is 0 Å². The van der Waals surface area contributed by atoms with Crippen molar-refractivity contribution in [3.05, 3.63) is 35.4 Å². The van der Waals surface area contributed by atoms with Crippen LogP contribution in [0.1, 0.15) is 63.1 Å². The highest BCUT2D eigenvalue weighted by atomic mass is 19.4. The molecule has 21 heavy (non-hydrogen) atoms. The molecule has 1 saturated carbocycles. The molecule has 1 nitrogen and oxygen atoms in total. The van der Waals surface area contributed by atoms with Crippen LogP contribution < -0.4 is 5.32 Å². The van der Waals surface area contributed by atoms with E-state index < -0.39 is 11.7 Å². The third-order valence-corrected chi connectivity index (χ3v) is 4.63. The van der Waals surface area contributed by atoms with Gasteiger partial charge in [0.15, 0.2) is 0 Å². The Balaban J connectivity index is 2.15. The van der Waals surface area contributed by atoms with Gasteiger partial charge in [-0.25, -0.2) is 0 Å². The molecule has 118 valence electrons. The van der Waals surface area contributed by atoms with Crippen LogP contribution in [0.25, 0.3) is 0 Å². The largest absolute Gasteiger partial charge is 0.416 e. The highest BCUT2D eigenvalue weighted by Crippen LogP contribution is 2.35. The first-order chi connectivity index (χ1) is 9.93. The SMILES string of the molecule is CCC1CCCCC1NC(C)c1ccccc1C(F)(F)F. The Hall–Kier alpha value is -1.03. The second-order valence-electron chi connectivity index (χ2n) is 6.03. The lowest BCUT2D eigenvalue weighted by Crippen LogP contribution is -2.40. The van der Waals surface area contributed by atoms with Crippen LogP contribution in [0.5, 0.6) is 0 Å². The predicted octanol–water partition coefficient (Wildman–Crippen LogP) is 5.32. The minimum absolute atomic E-state index is 0.278. The number of nitrogens with one attached hydrogen (secondary N) is 1. The molecule has 0 bridgehead atoms. The van der Waals surface area contributed by atoms with Crippen molar-refractivity contribution in [2.45, 2.75) is 64.2 Å². The third-order valence-electron chi connectivity index (χ3n) is 4.63. The van der Waals surface area contributed by atoms with E-state index in [4.69, 9.17) is 0 Å². The van der Waals surface area contributed by atoms with E-state index in [1.165, 1.54) is 31.4 Å². The van der Waals surface area contributed by atoms with Gasteiger partial charge in [0.05, 0.1) is 5.56 Å². The molecule has 3 unspecified atom stereocenters. The summed E-state index contributed by atoms with van der Waals surface area (Å²) >= 11 is 0. The zero-order chi connectivity index (χ0) is 15.5. The first-order valence-electron chi connectivity index (χ1n) is 7.85. The van der Waals surface area contributed by atoms with Gasteiger partial charge in [0.2, 0.25) is 0 Å². The molecule has 2 rings (SSSR count). The Morgan fingerprint density at radius 1 is 1.19 bits per heavy atom. The highest BCUT2D eigenvalue weighted by molar-refractivity contribution is 5.32. The molecule has 0 saturated heterocycles. The lowest BCUT2D eigenvalue weighted by molar-refractivity contribution is -0.138. The van der Waals surface area contributed by atoms with Crippen LogP contribution in [-0.2, 0) is 6.18 Å². The second kappa shape index (κ2) is 6.82. The molecule has 4 heteroatoms. The maximum Gasteiger partial charge on any atom is 0.416 e. The van der Waals surface area contributed by atoms with Crippen LogP contribution >= 0.6 is 0 Å². The monoisotopic (exact) mass is 299 g/mol. The molecule has 0 aromatic heterocycles. The first kappa shape index (κ1) is 16.3. The molecule has 0 radical (unpaired) electrons. The summed E-state index contributed by atoms with van der Waals surface area (Å²) < 4.78 is 39.3. The molecular weight excluding hydrogens is 275 g/mol. The van der Waals surface area contributed by atoms with Gasteiger partial charge in [-0.1, -0.05) is 44.4 Å². The van der Waals surface area contributed by atoms with Crippen molar-refractivity contribution < 1.29 is 13.2 Å². The lowest BCUT2D eigenvalue weighted by atomic mass is 9.82. The summed E-state index contributed by atoms with van der Waals surface area (Å²) in [5.74, 6) is 0.583. The van der Waals surface area contributed by atoms with E-state index in [0.29, 0.717) is 17.5 Å². The van der Waals surface area contributed by atoms with Crippen LogP contribution in [-0.4, -0.2) is 6.04 Å². The van der Waals surface area contributed by atoms with Crippen molar-refractivity contribution in [3.63, 3.8) is 0 Å². The van der Waals surface area contributed by atoms with Gasteiger partial charge in [0.1, 0.15) is 0 Å². The van der Waals surface area contributed by atoms with Crippen LogP contribution in [0.2, 0.25) is 0 Å². The average Bonchev–Trinajstić information content (AvgIpc) is 2.47. The van der Waals surface area contributed by atoms with Crippen molar-refractivity contribution in [1.29, 1.82) is 0 Å². The minimum Gasteiger partial charge on any atom is -0.307 e. The average molecular weight is 299 g/mol. The molecular formula is C17H24F3N. The number of halogens is 3. The molecule has 1 aliphatic rings. The fourth-order valence-electron chi connectivity index (χ4n) is 3.46. The van der Waals surface area contributed by atoms with Crippen molar-refractivity contribution >= 4 is 0 Å². The summed E-state index contributed by atoms with van der Waals surface area (Å²) in [7, 11) is 0. The van der Waals surface area contributed by atoms with Gasteiger partial charge in [0.25, 0.3) is 0 Å². The van der Waals surface area contributed by atoms with Crippen LogP contribution in [0.4, 0.5) is 13.2 Å². The Kier molecular flexibility index (Phi) is 5.31. The maximum absolute atomic E-state index is 13.1. The molecule has 1 aliphatic carbocycles. The van der Waals surface area contributed by atoms with Gasteiger partial charge >= 0.3 is 6.18 Å². The number of benzene rings is 1. The summed E-state index contributed by atoms with van der Waals surface area (Å²) in [4.78, 5) is 0. The second-order valence-corrected chi connectivity index (χ2v) is 6.03. The van der Waals surface area contributed by atoms with Crippen molar-refractivity contribution in [2.24, 2.45) is 5.92 Å². The van der Waals surface area contributed by atoms with Crippen molar-refractivity contribution in [3.8, 4) is 0 Å². The van der Waals surface area contributed by atoms with Gasteiger partial charge in [0, 0.05) is 12.1 Å². The lowest BCUT2D eigenvalue weighted by Gasteiger charge is -2.34. The minimum atomic E-state index is -4.29. The third kappa shape index (κ3) is 4.00. The smallest absolute Gasteiger partial charge is 0.307 e. The van der Waals surface area contributed by atoms with Gasteiger partial charge in [-0.2, -0.15) is 13.2 Å². The van der Waals surface area contributed by atoms with E-state index in [2.05, 4.69) is 12.2 Å². The predicted molar refractivity (Wildman–Crippen MR) is 79.0 cm³/mol. The fourth-order valence-corrected chi connectivity index (χ4v) is 3.46. The first-order valence-corrected chi connectivity index (χ1v) is 7.85. The summed E-state index contributed by atoms with van der Waals surface area (Å²) in [5.41, 5.74) is -0.167. The van der Waals surface area contributed by atoms with Gasteiger partial charge in [-0.15, -0.1) is 0 Å². The molecule has 0 amide bonds. The molecule has 1 N–H and O–H groups in total. The zero-order valence-electron chi connectivity index (χ0n) is 12.7. The van der Waals surface area contributed by atoms with Gasteiger partial charge in [-0.3, -0.25) is 0 Å². The van der Waals surface area contributed by atoms with E-state index in [1.54, 1.807) is 12.1 Å². The maximum atomic E-state index is 13.1. The van der Waals surface area contributed by atoms with Crippen LogP contribution in [0, 0.1) is 5.92 Å². The molecule has 0 spiro atoms. The van der Waals surface area contributed by atoms with E-state index in [-0.39, 0.29) is 6.04 Å². The number of hydrogen-bond acceptors (Lipinski definition) is 1. The van der Waals surface area contributed by atoms with Crippen molar-refractivity contribution in [2.75, 3.05) is 0 Å². The Morgan fingerprint density at radius 3 is 2.52 bits per heavy atom. The quantitative estimate of drug-likeness (QED) is 0.793. The molecule has 1 aromatic rings. The fraction of sp³-hybridized carbons (Fsp3) is 0.647. The summed E-state index contributed by atoms with van der Waals surface area (Å²) in [6.45, 7) is 4.00. The molecule has 3 atom stereocenters. The summed E-state index contributed by atoms with van der Waals surface area (Å²) in [6.07, 6.45) is 1.46. The topological polar surface area (TPSA) is 12.0 Å². The highest BCUT2D eigenvalue weighted by Gasteiger charge is 2.35. The molecule has 1 fully saturated rings. The molecule has 1 aromatic carbocycles. The molecule has 0 heterocycles. The van der Waals surface area contributed by atoms with Crippen LogP contribution in [0.15, 0.2) is 24.3 Å². The number of alkyl halides is 3. The summed E-state index contributed by atoms with van der Waals surface area (Å²) in [6, 6.07) is 5.95. The van der Waals surface area contributed by atoms with E-state index in [0.717, 1.165) is 12.8 Å².